The molecule has 0 atom stereocenters. The van der Waals surface area contributed by atoms with Crippen LogP contribution in [-0.2, 0) is 0 Å². The van der Waals surface area contributed by atoms with Gasteiger partial charge in [-0.25, -0.2) is 0 Å². The fourth-order valence-electron chi connectivity index (χ4n) is 2.39. The van der Waals surface area contributed by atoms with Crippen molar-refractivity contribution in [1.82, 2.24) is 0 Å². The largest absolute Gasteiger partial charge is 0.0683 e. The van der Waals surface area contributed by atoms with Crippen molar-refractivity contribution in [2.45, 2.75) is 48.5 Å². The lowest BCUT2D eigenvalue weighted by molar-refractivity contribution is 1.48. The maximum Gasteiger partial charge on any atom is 0.0625 e. The molecule has 0 heterocycles. The van der Waals surface area contributed by atoms with E-state index in [9.17, 15) is 0 Å². The third kappa shape index (κ3) is 27.3. The van der Waals surface area contributed by atoms with Crippen molar-refractivity contribution in [3.8, 4) is 0 Å². The van der Waals surface area contributed by atoms with Gasteiger partial charge in [0, 0.05) is 0 Å². The second-order valence-electron chi connectivity index (χ2n) is 8.21. The minimum absolute atomic E-state index is 0.124. The van der Waals surface area contributed by atoms with Crippen LogP contribution in [0.5, 0.6) is 0 Å². The van der Waals surface area contributed by atoms with Crippen LogP contribution in [0.15, 0.2) is 188 Å². The summed E-state index contributed by atoms with van der Waals surface area (Å²) >= 11 is 0. The molecular weight excluding hydrogens is 516 g/mol. The molecule has 6 aromatic carbocycles. The lowest BCUT2D eigenvalue weighted by atomic mass is 10.2. The Labute approximate surface area is 284 Å². The van der Waals surface area contributed by atoms with E-state index < -0.39 is 0 Å². The highest BCUT2D eigenvalue weighted by Gasteiger charge is 1.74. The van der Waals surface area contributed by atoms with Crippen molar-refractivity contribution in [2.75, 3.05) is 0 Å². The van der Waals surface area contributed by atoms with Gasteiger partial charge < -0.3 is 0 Å². The number of aryl methyl sites for hydroxylation is 2. The normalized spacial score (nSPS) is 13.2. The lowest BCUT2D eigenvalue weighted by Crippen LogP contribution is -1.62. The summed E-state index contributed by atoms with van der Waals surface area (Å²) in [5.74, 6) is 0. The third-order valence-electron chi connectivity index (χ3n) is 4.42. The third-order valence-corrected chi connectivity index (χ3v) is 4.42. The molecule has 0 unspecified atom stereocenters. The van der Waals surface area contributed by atoms with Gasteiger partial charge in [0.05, 0.1) is 20.6 Å². The van der Waals surface area contributed by atoms with Crippen LogP contribution in [0.25, 0.3) is 0 Å². The molecule has 0 saturated carbocycles. The Morgan fingerprint density at radius 1 is 0.279 bits per heavy atom. The molecule has 43 heavy (non-hydrogen) atoms. The summed E-state index contributed by atoms with van der Waals surface area (Å²) < 4.78 is 109. The molecule has 0 fully saturated rings. The second kappa shape index (κ2) is 28.8. The van der Waals surface area contributed by atoms with Crippen LogP contribution in [-0.4, -0.2) is 0 Å². The number of hydrogen-bond donors (Lipinski definition) is 0. The monoisotopic (exact) mass is 584 g/mol. The van der Waals surface area contributed by atoms with E-state index in [-0.39, 0.29) is 90.6 Å². The van der Waals surface area contributed by atoms with E-state index in [0.29, 0.717) is 16.7 Å². The molecule has 0 aliphatic rings. The Bertz CT molecular complexity index is 1600. The standard InChI is InChI=1S/5C7H8.C6H6.C2H6/c5*1-7-5-3-2-4-6-7;1-2-4-6-5-3-1;1-2/h5*2-6H,1H3;1-6H;1-2H3/i3*2D,3D,4D,5D,6D;;;;. The number of hydrogen-bond acceptors (Lipinski definition) is 0. The maximum absolute atomic E-state index is 7.31. The first kappa shape index (κ1) is 19.5. The van der Waals surface area contributed by atoms with Gasteiger partial charge in [0.2, 0.25) is 0 Å². The smallest absolute Gasteiger partial charge is 0.0625 e. The van der Waals surface area contributed by atoms with E-state index in [1.165, 1.54) is 31.9 Å². The Morgan fingerprint density at radius 2 is 0.465 bits per heavy atom. The average Bonchev–Trinajstić information content (AvgIpc) is 3.25. The van der Waals surface area contributed by atoms with Gasteiger partial charge in [-0.2, -0.15) is 0 Å². The van der Waals surface area contributed by atoms with E-state index in [2.05, 4.69) is 38.1 Å². The summed E-state index contributed by atoms with van der Waals surface area (Å²) in [5, 5.41) is 0. The van der Waals surface area contributed by atoms with Crippen LogP contribution in [0.4, 0.5) is 0 Å². The summed E-state index contributed by atoms with van der Waals surface area (Å²) in [6.07, 6.45) is 0. The van der Waals surface area contributed by atoms with Crippen molar-refractivity contribution < 1.29 is 20.6 Å². The van der Waals surface area contributed by atoms with Crippen molar-refractivity contribution >= 4 is 0 Å². The summed E-state index contributed by atoms with van der Waals surface area (Å²) in [7, 11) is 0. The molecule has 0 radical (unpaired) electrons. The Morgan fingerprint density at radius 3 is 0.628 bits per heavy atom. The van der Waals surface area contributed by atoms with Crippen molar-refractivity contribution in [1.29, 1.82) is 0 Å². The molecule has 0 aliphatic carbocycles. The van der Waals surface area contributed by atoms with Gasteiger partial charge in [-0.15, -0.1) is 0 Å². The number of rotatable bonds is 0. The van der Waals surface area contributed by atoms with Gasteiger partial charge >= 0.3 is 0 Å². The van der Waals surface area contributed by atoms with Gasteiger partial charge in [-0.05, 0) is 34.6 Å². The van der Waals surface area contributed by atoms with E-state index in [0.717, 1.165) is 0 Å². The molecule has 0 heteroatoms. The van der Waals surface area contributed by atoms with Crippen LogP contribution < -0.4 is 0 Å². The van der Waals surface area contributed by atoms with Crippen molar-refractivity contribution in [3.05, 3.63) is 216 Å². The van der Waals surface area contributed by atoms with E-state index >= 15 is 0 Å². The first-order valence-electron chi connectivity index (χ1n) is 21.3. The summed E-state index contributed by atoms with van der Waals surface area (Å²) in [4.78, 5) is 0. The molecule has 0 N–H and O–H groups in total. The van der Waals surface area contributed by atoms with Gasteiger partial charge in [0.25, 0.3) is 0 Å². The van der Waals surface area contributed by atoms with Crippen molar-refractivity contribution in [2.24, 2.45) is 0 Å². The molecule has 224 valence electrons. The van der Waals surface area contributed by atoms with Gasteiger partial charge in [-0.1, -0.05) is 229 Å². The Balaban J connectivity index is 0.000000679. The van der Waals surface area contributed by atoms with E-state index in [1.54, 1.807) is 0 Å². The molecule has 6 rings (SSSR count). The Kier molecular flexibility index (Phi) is 13.1. The van der Waals surface area contributed by atoms with Crippen LogP contribution in [0, 0.1) is 34.6 Å². The first-order valence-corrected chi connectivity index (χ1v) is 13.8. The molecule has 0 amide bonds. The highest BCUT2D eigenvalue weighted by Crippen LogP contribution is 1.94. The van der Waals surface area contributed by atoms with Gasteiger partial charge in [0.15, 0.2) is 0 Å². The maximum atomic E-state index is 7.31. The zero-order valence-corrected chi connectivity index (χ0v) is 26.2. The van der Waals surface area contributed by atoms with Crippen LogP contribution in [0.2, 0.25) is 0 Å². The van der Waals surface area contributed by atoms with Crippen LogP contribution in [0.1, 0.15) is 62.2 Å². The summed E-state index contributed by atoms with van der Waals surface area (Å²) in [6.45, 7) is 12.7. The van der Waals surface area contributed by atoms with E-state index in [4.69, 9.17) is 20.6 Å². The molecule has 0 nitrogen and oxygen atoms in total. The minimum atomic E-state index is -0.337. The highest BCUT2D eigenvalue weighted by atomic mass is 13.8. The molecular formula is C43H52. The fraction of sp³-hybridized carbons (Fsp3) is 0.163. The lowest BCUT2D eigenvalue weighted by Gasteiger charge is -1.82. The molecule has 0 saturated heterocycles. The molecule has 0 bridgehead atoms. The SMILES string of the molecule is CC.Cc1ccccc1.Cc1ccccc1.[2H]c1c([2H])c([2H])c(C)c([2H])c1[2H].[2H]c1c([2H])c([2H])c(C)c([2H])c1[2H].[2H]c1c([2H])c([2H])c(C)c([2H])c1[2H].c1ccccc1. The first-order chi connectivity index (χ1) is 27.2. The van der Waals surface area contributed by atoms with Crippen LogP contribution in [0.3, 0.4) is 0 Å². The highest BCUT2D eigenvalue weighted by molar-refractivity contribution is 5.14. The zero-order chi connectivity index (χ0) is 44.9. The average molecular weight is 584 g/mol. The minimum Gasteiger partial charge on any atom is -0.0683 e. The van der Waals surface area contributed by atoms with Crippen molar-refractivity contribution in [3.63, 3.8) is 0 Å². The molecule has 0 aromatic heterocycles. The fourth-order valence-corrected chi connectivity index (χ4v) is 2.39. The summed E-state index contributed by atoms with van der Waals surface area (Å²) in [5.41, 5.74) is 3.52. The zero-order valence-electron chi connectivity index (χ0n) is 41.2. The quantitative estimate of drug-likeness (QED) is 0.167. The number of benzene rings is 6. The van der Waals surface area contributed by atoms with E-state index in [1.807, 2.05) is 86.6 Å². The topological polar surface area (TPSA) is 0 Å². The van der Waals surface area contributed by atoms with Gasteiger partial charge in [-0.3, -0.25) is 0 Å². The van der Waals surface area contributed by atoms with Crippen LogP contribution >= 0.6 is 0 Å². The summed E-state index contributed by atoms with van der Waals surface area (Å²) in [6, 6.07) is 29.1. The molecule has 6 aromatic rings. The Hall–Kier alpha value is -4.68. The second-order valence-corrected chi connectivity index (χ2v) is 8.21. The van der Waals surface area contributed by atoms with Gasteiger partial charge in [0.1, 0.15) is 0 Å². The molecule has 0 spiro atoms. The predicted octanol–water partition coefficient (Wildman–Crippen LogP) is 12.7. The molecule has 0 aliphatic heterocycles. The predicted molar refractivity (Wildman–Crippen MR) is 194 cm³/mol.